The van der Waals surface area contributed by atoms with Gasteiger partial charge in [0.1, 0.15) is 17.5 Å². The molecule has 1 atom stereocenters. The molecule has 1 aliphatic rings. The van der Waals surface area contributed by atoms with Crippen LogP contribution in [0.4, 0.5) is 17.1 Å². The van der Waals surface area contributed by atoms with Gasteiger partial charge in [0.25, 0.3) is 11.8 Å². The van der Waals surface area contributed by atoms with Crippen LogP contribution >= 0.6 is 11.5 Å². The molecule has 4 rings (SSSR count). The van der Waals surface area contributed by atoms with Crippen molar-refractivity contribution in [3.05, 3.63) is 58.6 Å². The fraction of sp³-hybridized carbons (Fsp3) is 0.269. The van der Waals surface area contributed by atoms with Crippen LogP contribution in [0.25, 0.3) is 0 Å². The zero-order chi connectivity index (χ0) is 29.0. The molecular weight excluding hydrogens is 540 g/mol. The number of hydrogen-bond acceptors (Lipinski definition) is 11. The number of nitrogens with one attached hydrogen (secondary N) is 1. The van der Waals surface area contributed by atoms with Gasteiger partial charge < -0.3 is 35.9 Å². The van der Waals surface area contributed by atoms with Crippen LogP contribution in [0.15, 0.2) is 42.5 Å². The van der Waals surface area contributed by atoms with E-state index in [1.807, 2.05) is 19.0 Å². The van der Waals surface area contributed by atoms with Crippen LogP contribution in [-0.4, -0.2) is 62.1 Å². The second-order valence-electron chi connectivity index (χ2n) is 8.76. The van der Waals surface area contributed by atoms with Crippen molar-refractivity contribution in [2.75, 3.05) is 49.6 Å². The molecule has 210 valence electrons. The number of rotatable bonds is 10. The molecule has 0 bridgehead atoms. The van der Waals surface area contributed by atoms with Crippen molar-refractivity contribution in [1.82, 2.24) is 9.69 Å². The number of nitrogens with two attached hydrogens (primary N) is 2. The highest BCUT2D eigenvalue weighted by molar-refractivity contribution is 7.09. The van der Waals surface area contributed by atoms with Crippen LogP contribution in [0, 0.1) is 0 Å². The standard InChI is InChI=1S/C26H28N6O7S/c1-4-37-19(33)12-29-25(35)22(14-5-7-15(8-6-14)31(2)3)32(16-9-10-17-18(11-16)39-13-38-17)26(36)23-20(27)21(24(28)34)30-40-23/h5-11,22H,4,12-13,27H2,1-3H3,(H2,28,34)(H,29,35). The lowest BCUT2D eigenvalue weighted by Crippen LogP contribution is -2.45. The molecule has 5 N–H and O–H groups in total. The summed E-state index contributed by atoms with van der Waals surface area (Å²) in [5.74, 6) is -2.12. The van der Waals surface area contributed by atoms with Gasteiger partial charge in [0, 0.05) is 31.5 Å². The van der Waals surface area contributed by atoms with Gasteiger partial charge in [0.2, 0.25) is 12.7 Å². The van der Waals surface area contributed by atoms with Crippen LogP contribution in [-0.2, 0) is 14.3 Å². The van der Waals surface area contributed by atoms with Crippen molar-refractivity contribution in [3.63, 3.8) is 0 Å². The van der Waals surface area contributed by atoms with Gasteiger partial charge in [-0.1, -0.05) is 12.1 Å². The summed E-state index contributed by atoms with van der Waals surface area (Å²) in [5.41, 5.74) is 12.5. The molecule has 0 spiro atoms. The number of nitrogen functional groups attached to an aromatic ring is 1. The summed E-state index contributed by atoms with van der Waals surface area (Å²) in [4.78, 5) is 54.7. The zero-order valence-electron chi connectivity index (χ0n) is 22.0. The van der Waals surface area contributed by atoms with Gasteiger partial charge in [-0.05, 0) is 48.3 Å². The largest absolute Gasteiger partial charge is 0.465 e. The van der Waals surface area contributed by atoms with E-state index in [1.54, 1.807) is 49.4 Å². The maximum Gasteiger partial charge on any atom is 0.325 e. The van der Waals surface area contributed by atoms with Gasteiger partial charge in [0.15, 0.2) is 17.2 Å². The smallest absolute Gasteiger partial charge is 0.325 e. The third-order valence-electron chi connectivity index (χ3n) is 5.95. The summed E-state index contributed by atoms with van der Waals surface area (Å²) in [7, 11) is 3.73. The van der Waals surface area contributed by atoms with Crippen molar-refractivity contribution < 1.29 is 33.4 Å². The van der Waals surface area contributed by atoms with E-state index >= 15 is 0 Å². The van der Waals surface area contributed by atoms with E-state index in [9.17, 15) is 19.2 Å². The van der Waals surface area contributed by atoms with Gasteiger partial charge in [0.05, 0.1) is 12.3 Å². The Morgan fingerprint density at radius 1 is 1.07 bits per heavy atom. The Labute approximate surface area is 233 Å². The van der Waals surface area contributed by atoms with Crippen molar-refractivity contribution >= 4 is 52.3 Å². The van der Waals surface area contributed by atoms with Gasteiger partial charge in [-0.25, -0.2) is 0 Å². The molecule has 1 aromatic heterocycles. The molecule has 0 saturated heterocycles. The van der Waals surface area contributed by atoms with Crippen LogP contribution in [0.5, 0.6) is 11.5 Å². The first-order chi connectivity index (χ1) is 19.1. The number of anilines is 3. The highest BCUT2D eigenvalue weighted by Gasteiger charge is 2.37. The molecule has 3 aromatic rings. The lowest BCUT2D eigenvalue weighted by atomic mass is 10.0. The second kappa shape index (κ2) is 11.9. The first-order valence-corrected chi connectivity index (χ1v) is 12.9. The minimum Gasteiger partial charge on any atom is -0.465 e. The lowest BCUT2D eigenvalue weighted by Gasteiger charge is -2.31. The molecule has 0 saturated carbocycles. The Balaban J connectivity index is 1.85. The number of esters is 1. The van der Waals surface area contributed by atoms with Crippen molar-refractivity contribution in [1.29, 1.82) is 0 Å². The van der Waals surface area contributed by atoms with Crippen LogP contribution in [0.2, 0.25) is 0 Å². The third-order valence-corrected chi connectivity index (χ3v) is 6.80. The molecule has 3 amide bonds. The SMILES string of the molecule is CCOC(=O)CNC(=O)C(c1ccc(N(C)C)cc1)N(C(=O)c1snc(C(N)=O)c1N)c1ccc2c(c1)OCO2. The minimum atomic E-state index is -1.29. The fourth-order valence-corrected chi connectivity index (χ4v) is 4.74. The fourth-order valence-electron chi connectivity index (χ4n) is 4.00. The Hall–Kier alpha value is -4.85. The van der Waals surface area contributed by atoms with Gasteiger partial charge in [-0.2, -0.15) is 4.37 Å². The highest BCUT2D eigenvalue weighted by Crippen LogP contribution is 2.40. The normalized spacial score (nSPS) is 12.4. The molecule has 0 aliphatic carbocycles. The number of hydrogen-bond donors (Lipinski definition) is 3. The van der Waals surface area contributed by atoms with Crippen molar-refractivity contribution in [2.24, 2.45) is 5.73 Å². The number of benzene rings is 2. The first-order valence-electron chi connectivity index (χ1n) is 12.1. The monoisotopic (exact) mass is 568 g/mol. The Morgan fingerprint density at radius 2 is 1.75 bits per heavy atom. The minimum absolute atomic E-state index is 0.00799. The van der Waals surface area contributed by atoms with E-state index < -0.39 is 36.3 Å². The molecule has 1 aliphatic heterocycles. The number of aromatic nitrogens is 1. The number of carbonyl (C=O) groups excluding carboxylic acids is 4. The molecule has 0 fully saturated rings. The van der Waals surface area contributed by atoms with E-state index in [-0.39, 0.29) is 35.3 Å². The summed E-state index contributed by atoms with van der Waals surface area (Å²) in [5, 5.41) is 2.56. The topological polar surface area (TPSA) is 179 Å². The Bertz CT molecular complexity index is 1440. The van der Waals surface area contributed by atoms with E-state index in [4.69, 9.17) is 25.7 Å². The van der Waals surface area contributed by atoms with Gasteiger partial charge >= 0.3 is 5.97 Å². The third kappa shape index (κ3) is 5.76. The predicted molar refractivity (Wildman–Crippen MR) is 148 cm³/mol. The maximum atomic E-state index is 14.1. The number of carbonyl (C=O) groups is 4. The summed E-state index contributed by atoms with van der Waals surface area (Å²) in [6.45, 7) is 1.36. The van der Waals surface area contributed by atoms with E-state index in [0.29, 0.717) is 28.6 Å². The van der Waals surface area contributed by atoms with E-state index in [2.05, 4.69) is 9.69 Å². The molecular formula is C26H28N6O7S. The number of nitrogens with zero attached hydrogens (tertiary/aromatic N) is 3. The summed E-state index contributed by atoms with van der Waals surface area (Å²) in [6.07, 6.45) is 0. The Kier molecular flexibility index (Phi) is 8.38. The van der Waals surface area contributed by atoms with E-state index in [0.717, 1.165) is 5.69 Å². The summed E-state index contributed by atoms with van der Waals surface area (Å²) >= 11 is 0.681. The molecule has 2 aromatic carbocycles. The first kappa shape index (κ1) is 28.2. The highest BCUT2D eigenvalue weighted by atomic mass is 32.1. The molecule has 2 heterocycles. The molecule has 1 unspecified atom stereocenters. The van der Waals surface area contributed by atoms with Crippen LogP contribution in [0.1, 0.15) is 38.7 Å². The summed E-state index contributed by atoms with van der Waals surface area (Å²) < 4.78 is 19.8. The van der Waals surface area contributed by atoms with Crippen LogP contribution < -0.4 is 36.1 Å². The lowest BCUT2D eigenvalue weighted by molar-refractivity contribution is -0.143. The van der Waals surface area contributed by atoms with Gasteiger partial charge in [-0.3, -0.25) is 24.1 Å². The maximum absolute atomic E-state index is 14.1. The number of fused-ring (bicyclic) bond motifs is 1. The molecule has 13 nitrogen and oxygen atoms in total. The van der Waals surface area contributed by atoms with E-state index in [1.165, 1.54) is 4.90 Å². The predicted octanol–water partition coefficient (Wildman–Crippen LogP) is 1.69. The van der Waals surface area contributed by atoms with Crippen molar-refractivity contribution in [2.45, 2.75) is 13.0 Å². The number of amides is 3. The molecule has 40 heavy (non-hydrogen) atoms. The van der Waals surface area contributed by atoms with Crippen molar-refractivity contribution in [3.8, 4) is 11.5 Å². The van der Waals surface area contributed by atoms with Crippen LogP contribution in [0.3, 0.4) is 0 Å². The molecule has 14 heteroatoms. The number of primary amides is 1. The average Bonchev–Trinajstić information content (AvgIpc) is 3.56. The second-order valence-corrected chi connectivity index (χ2v) is 9.54. The Morgan fingerprint density at radius 3 is 2.38 bits per heavy atom. The number of ether oxygens (including phenoxy) is 3. The zero-order valence-corrected chi connectivity index (χ0v) is 22.8. The average molecular weight is 569 g/mol. The van der Waals surface area contributed by atoms with Gasteiger partial charge in [-0.15, -0.1) is 0 Å². The summed E-state index contributed by atoms with van der Waals surface area (Å²) in [6, 6.07) is 10.4. The molecule has 0 radical (unpaired) electrons. The quantitative estimate of drug-likeness (QED) is 0.305.